The van der Waals surface area contributed by atoms with E-state index in [4.69, 9.17) is 0 Å². The Labute approximate surface area is 101 Å². The Morgan fingerprint density at radius 3 is 2.71 bits per heavy atom. The number of anilines is 1. The van der Waals surface area contributed by atoms with Crippen molar-refractivity contribution in [3.63, 3.8) is 0 Å². The molecular weight excluding hydrogens is 212 g/mol. The van der Waals surface area contributed by atoms with E-state index < -0.39 is 0 Å². The van der Waals surface area contributed by atoms with Crippen molar-refractivity contribution in [2.75, 3.05) is 18.4 Å². The van der Waals surface area contributed by atoms with Crippen molar-refractivity contribution < 1.29 is 4.79 Å². The van der Waals surface area contributed by atoms with Gasteiger partial charge in [0.05, 0.1) is 5.54 Å². The number of ketones is 1. The van der Waals surface area contributed by atoms with Crippen molar-refractivity contribution in [1.82, 2.24) is 5.32 Å². The molecule has 2 heterocycles. The number of allylic oxidation sites excluding steroid dienone is 1. The highest BCUT2D eigenvalue weighted by Gasteiger charge is 2.32. The SMILES string of the molecule is O=C1C=CC2(CCNCC2)Nc2ccccc21. The van der Waals surface area contributed by atoms with Gasteiger partial charge in [-0.2, -0.15) is 0 Å². The van der Waals surface area contributed by atoms with Crippen LogP contribution >= 0.6 is 0 Å². The highest BCUT2D eigenvalue weighted by molar-refractivity contribution is 6.09. The summed E-state index contributed by atoms with van der Waals surface area (Å²) in [6.07, 6.45) is 5.82. The van der Waals surface area contributed by atoms with Crippen LogP contribution in [0.2, 0.25) is 0 Å². The van der Waals surface area contributed by atoms with E-state index >= 15 is 0 Å². The Kier molecular flexibility index (Phi) is 2.48. The second-order valence-electron chi connectivity index (χ2n) is 4.77. The molecule has 2 aliphatic rings. The first-order chi connectivity index (χ1) is 8.29. The number of piperidine rings is 1. The lowest BCUT2D eigenvalue weighted by atomic mass is 9.88. The van der Waals surface area contributed by atoms with Crippen molar-refractivity contribution in [2.45, 2.75) is 18.4 Å². The van der Waals surface area contributed by atoms with Crippen LogP contribution in [-0.4, -0.2) is 24.4 Å². The maximum atomic E-state index is 12.0. The first-order valence-corrected chi connectivity index (χ1v) is 6.11. The molecule has 17 heavy (non-hydrogen) atoms. The van der Waals surface area contributed by atoms with E-state index in [-0.39, 0.29) is 11.3 Å². The predicted octanol–water partition coefficient (Wildman–Crippen LogP) is 1.97. The van der Waals surface area contributed by atoms with Gasteiger partial charge in [-0.3, -0.25) is 4.79 Å². The van der Waals surface area contributed by atoms with Gasteiger partial charge < -0.3 is 10.6 Å². The molecule has 1 aromatic carbocycles. The van der Waals surface area contributed by atoms with Crippen LogP contribution in [0.4, 0.5) is 5.69 Å². The summed E-state index contributed by atoms with van der Waals surface area (Å²) in [5.41, 5.74) is 1.69. The van der Waals surface area contributed by atoms with Crippen LogP contribution in [0.1, 0.15) is 23.2 Å². The summed E-state index contributed by atoms with van der Waals surface area (Å²) < 4.78 is 0. The minimum atomic E-state index is -0.0481. The largest absolute Gasteiger partial charge is 0.375 e. The third-order valence-corrected chi connectivity index (χ3v) is 3.63. The van der Waals surface area contributed by atoms with Gasteiger partial charge in [0.1, 0.15) is 0 Å². The normalized spacial score (nSPS) is 21.8. The molecule has 2 aliphatic heterocycles. The van der Waals surface area contributed by atoms with Gasteiger partial charge in [0.25, 0.3) is 0 Å². The number of para-hydroxylation sites is 1. The Balaban J connectivity index is 2.02. The molecule has 1 saturated heterocycles. The summed E-state index contributed by atoms with van der Waals surface area (Å²) in [5.74, 6) is 0.100. The Hall–Kier alpha value is -1.61. The van der Waals surface area contributed by atoms with E-state index in [1.807, 2.05) is 24.3 Å². The molecule has 3 nitrogen and oxygen atoms in total. The van der Waals surface area contributed by atoms with Crippen molar-refractivity contribution in [2.24, 2.45) is 0 Å². The van der Waals surface area contributed by atoms with E-state index in [1.54, 1.807) is 6.08 Å². The molecule has 1 aromatic rings. The summed E-state index contributed by atoms with van der Waals surface area (Å²) in [5, 5.41) is 6.91. The minimum Gasteiger partial charge on any atom is -0.375 e. The number of fused-ring (bicyclic) bond motifs is 1. The molecule has 0 radical (unpaired) electrons. The van der Waals surface area contributed by atoms with E-state index in [1.165, 1.54) is 0 Å². The predicted molar refractivity (Wildman–Crippen MR) is 68.4 cm³/mol. The maximum Gasteiger partial charge on any atom is 0.187 e. The van der Waals surface area contributed by atoms with Gasteiger partial charge in [-0.05, 0) is 44.1 Å². The molecule has 0 saturated carbocycles. The molecule has 88 valence electrons. The fraction of sp³-hybridized carbons (Fsp3) is 0.357. The Bertz CT molecular complexity index is 473. The lowest BCUT2D eigenvalue weighted by Crippen LogP contribution is -2.46. The lowest BCUT2D eigenvalue weighted by Gasteiger charge is -2.36. The zero-order valence-corrected chi connectivity index (χ0v) is 9.70. The molecule has 0 aromatic heterocycles. The first-order valence-electron chi connectivity index (χ1n) is 6.11. The topological polar surface area (TPSA) is 41.1 Å². The summed E-state index contributed by atoms with van der Waals surface area (Å²) in [6, 6.07) is 7.75. The molecular formula is C14H16N2O. The second-order valence-corrected chi connectivity index (χ2v) is 4.77. The van der Waals surface area contributed by atoms with Gasteiger partial charge in [0.2, 0.25) is 0 Å². The standard InChI is InChI=1S/C14H16N2O/c17-13-5-6-14(7-9-15-10-8-14)16-12-4-2-1-3-11(12)13/h1-6,15-16H,7-10H2. The fourth-order valence-electron chi connectivity index (χ4n) is 2.61. The molecule has 0 bridgehead atoms. The number of rotatable bonds is 0. The third kappa shape index (κ3) is 1.87. The van der Waals surface area contributed by atoms with Gasteiger partial charge in [-0.25, -0.2) is 0 Å². The number of carbonyl (C=O) groups excluding carboxylic acids is 1. The van der Waals surface area contributed by atoms with Crippen molar-refractivity contribution in [3.05, 3.63) is 42.0 Å². The molecule has 3 rings (SSSR count). The van der Waals surface area contributed by atoms with Crippen LogP contribution in [0.3, 0.4) is 0 Å². The smallest absolute Gasteiger partial charge is 0.187 e. The van der Waals surface area contributed by atoms with Gasteiger partial charge in [0, 0.05) is 11.3 Å². The van der Waals surface area contributed by atoms with Crippen LogP contribution < -0.4 is 10.6 Å². The summed E-state index contributed by atoms with van der Waals surface area (Å²) >= 11 is 0. The summed E-state index contributed by atoms with van der Waals surface area (Å²) in [4.78, 5) is 12.0. The number of nitrogens with one attached hydrogen (secondary N) is 2. The average molecular weight is 228 g/mol. The molecule has 0 atom stereocenters. The first kappa shape index (κ1) is 10.5. The molecule has 0 aliphatic carbocycles. The van der Waals surface area contributed by atoms with E-state index in [2.05, 4.69) is 16.7 Å². The van der Waals surface area contributed by atoms with E-state index in [0.29, 0.717) is 0 Å². The van der Waals surface area contributed by atoms with Crippen LogP contribution in [0, 0.1) is 0 Å². The zero-order chi connectivity index (χ0) is 11.7. The highest BCUT2D eigenvalue weighted by Crippen LogP contribution is 2.30. The summed E-state index contributed by atoms with van der Waals surface area (Å²) in [7, 11) is 0. The number of carbonyl (C=O) groups is 1. The van der Waals surface area contributed by atoms with Crippen LogP contribution in [0.25, 0.3) is 0 Å². The van der Waals surface area contributed by atoms with Crippen LogP contribution in [0.5, 0.6) is 0 Å². The molecule has 2 N–H and O–H groups in total. The molecule has 1 spiro atoms. The summed E-state index contributed by atoms with van der Waals surface area (Å²) in [6.45, 7) is 1.99. The van der Waals surface area contributed by atoms with Gasteiger partial charge in [-0.15, -0.1) is 0 Å². The quantitative estimate of drug-likeness (QED) is 0.713. The number of hydrogen-bond donors (Lipinski definition) is 2. The van der Waals surface area contributed by atoms with Gasteiger partial charge in [-0.1, -0.05) is 18.2 Å². The fourth-order valence-corrected chi connectivity index (χ4v) is 2.61. The molecule has 0 unspecified atom stereocenters. The van der Waals surface area contributed by atoms with Crippen LogP contribution in [0.15, 0.2) is 36.4 Å². The molecule has 3 heteroatoms. The van der Waals surface area contributed by atoms with E-state index in [0.717, 1.165) is 37.2 Å². The second kappa shape index (κ2) is 4.00. The number of benzene rings is 1. The zero-order valence-electron chi connectivity index (χ0n) is 9.70. The van der Waals surface area contributed by atoms with Crippen molar-refractivity contribution in [1.29, 1.82) is 0 Å². The minimum absolute atomic E-state index is 0.0481. The maximum absolute atomic E-state index is 12.0. The monoisotopic (exact) mass is 228 g/mol. The third-order valence-electron chi connectivity index (χ3n) is 3.63. The van der Waals surface area contributed by atoms with Crippen molar-refractivity contribution >= 4 is 11.5 Å². The van der Waals surface area contributed by atoms with E-state index in [9.17, 15) is 4.79 Å². The lowest BCUT2D eigenvalue weighted by molar-refractivity contribution is 0.104. The Morgan fingerprint density at radius 2 is 1.88 bits per heavy atom. The van der Waals surface area contributed by atoms with Crippen LogP contribution in [-0.2, 0) is 0 Å². The highest BCUT2D eigenvalue weighted by atomic mass is 16.1. The number of hydrogen-bond acceptors (Lipinski definition) is 3. The van der Waals surface area contributed by atoms with Gasteiger partial charge >= 0.3 is 0 Å². The Morgan fingerprint density at radius 1 is 1.12 bits per heavy atom. The van der Waals surface area contributed by atoms with Gasteiger partial charge in [0.15, 0.2) is 5.78 Å². The van der Waals surface area contributed by atoms with Crippen molar-refractivity contribution in [3.8, 4) is 0 Å². The molecule has 0 amide bonds. The molecule has 1 fully saturated rings. The average Bonchev–Trinajstić information content (AvgIpc) is 2.50.